The van der Waals surface area contributed by atoms with Crippen LogP contribution >= 0.6 is 11.3 Å². The second-order valence-corrected chi connectivity index (χ2v) is 5.99. The summed E-state index contributed by atoms with van der Waals surface area (Å²) in [5.41, 5.74) is 1.39. The summed E-state index contributed by atoms with van der Waals surface area (Å²) in [7, 11) is 0. The molecular weight excluding hydrogens is 331 g/mol. The van der Waals surface area contributed by atoms with E-state index in [2.05, 4.69) is 20.5 Å². The van der Waals surface area contributed by atoms with Gasteiger partial charge >= 0.3 is 0 Å². The van der Waals surface area contributed by atoms with E-state index >= 15 is 0 Å². The molecule has 3 rings (SSSR count). The summed E-state index contributed by atoms with van der Waals surface area (Å²) in [5, 5.41) is 10.2. The van der Waals surface area contributed by atoms with Crippen molar-refractivity contribution in [2.75, 3.05) is 6.54 Å². The zero-order valence-electron chi connectivity index (χ0n) is 12.9. The van der Waals surface area contributed by atoms with Gasteiger partial charge in [-0.15, -0.1) is 11.3 Å². The maximum absolute atomic E-state index is 13.1. The molecule has 0 bridgehead atoms. The molecule has 0 radical (unpaired) electrons. The molecule has 0 spiro atoms. The summed E-state index contributed by atoms with van der Waals surface area (Å²) in [5.74, 6) is -0.628. The highest BCUT2D eigenvalue weighted by atomic mass is 32.1. The highest BCUT2D eigenvalue weighted by Crippen LogP contribution is 2.29. The van der Waals surface area contributed by atoms with Crippen molar-refractivity contribution in [1.82, 2.24) is 20.5 Å². The maximum Gasteiger partial charge on any atom is 0.272 e. The molecule has 8 heteroatoms. The summed E-state index contributed by atoms with van der Waals surface area (Å²) >= 11 is 1.25. The van der Waals surface area contributed by atoms with E-state index < -0.39 is 0 Å². The minimum atomic E-state index is -0.378. The van der Waals surface area contributed by atoms with Gasteiger partial charge in [-0.05, 0) is 24.1 Å². The van der Waals surface area contributed by atoms with Gasteiger partial charge in [0.2, 0.25) is 0 Å². The fourth-order valence-corrected chi connectivity index (χ4v) is 3.04. The predicted octanol–water partition coefficient (Wildman–Crippen LogP) is 2.77. The first kappa shape index (κ1) is 16.1. The van der Waals surface area contributed by atoms with Crippen LogP contribution in [0.4, 0.5) is 4.39 Å². The van der Waals surface area contributed by atoms with Crippen LogP contribution in [0.2, 0.25) is 0 Å². The van der Waals surface area contributed by atoms with Crippen molar-refractivity contribution in [3.63, 3.8) is 0 Å². The Hall–Kier alpha value is -2.74. The Morgan fingerprint density at radius 1 is 1.29 bits per heavy atom. The predicted molar refractivity (Wildman–Crippen MR) is 90.5 cm³/mol. The molecule has 0 fully saturated rings. The molecule has 3 N–H and O–H groups in total. The number of carbonyl (C=O) groups excluding carboxylic acids is 1. The largest absolute Gasteiger partial charge is 0.351 e. The number of amides is 1. The number of halogens is 1. The number of carbonyl (C=O) groups is 1. The van der Waals surface area contributed by atoms with Gasteiger partial charge in [0, 0.05) is 11.9 Å². The van der Waals surface area contributed by atoms with Gasteiger partial charge in [-0.1, -0.05) is 19.1 Å². The average Bonchev–Trinajstić information content (AvgIpc) is 3.20. The molecule has 6 nitrogen and oxygen atoms in total. The summed E-state index contributed by atoms with van der Waals surface area (Å²) in [6.45, 7) is 2.54. The first-order valence-corrected chi connectivity index (χ1v) is 8.28. The topological polar surface area (TPSA) is 90.6 Å². The Bertz CT molecular complexity index is 911. The van der Waals surface area contributed by atoms with Crippen molar-refractivity contribution < 1.29 is 9.18 Å². The maximum atomic E-state index is 13.1. The van der Waals surface area contributed by atoms with E-state index in [1.807, 2.05) is 6.92 Å². The molecule has 3 aromatic rings. The average molecular weight is 346 g/mol. The molecule has 1 aromatic carbocycles. The minimum absolute atomic E-state index is 0.249. The zero-order chi connectivity index (χ0) is 17.1. The molecule has 0 aliphatic carbocycles. The van der Waals surface area contributed by atoms with Crippen molar-refractivity contribution in [2.45, 2.75) is 13.3 Å². The standard InChI is InChI=1S/C16H15FN4O2S/c1-2-7-18-14(22)11-8-24-16(19-11)13-12(15(23)21-20-13)9-3-5-10(17)6-4-9/h3-6,8H,2,7H2,1H3,(H,18,22)(H2,20,21,23). The van der Waals surface area contributed by atoms with Crippen molar-refractivity contribution in [3.05, 3.63) is 51.5 Å². The first-order chi connectivity index (χ1) is 11.6. The Balaban J connectivity index is 1.97. The number of rotatable bonds is 5. The van der Waals surface area contributed by atoms with Crippen molar-refractivity contribution in [2.24, 2.45) is 0 Å². The summed E-state index contributed by atoms with van der Waals surface area (Å²) < 4.78 is 13.1. The van der Waals surface area contributed by atoms with Crippen LogP contribution in [0, 0.1) is 5.82 Å². The monoisotopic (exact) mass is 346 g/mol. The van der Waals surface area contributed by atoms with Crippen LogP contribution in [0.5, 0.6) is 0 Å². The van der Waals surface area contributed by atoms with Crippen molar-refractivity contribution in [3.8, 4) is 21.8 Å². The van der Waals surface area contributed by atoms with Crippen LogP contribution in [0.1, 0.15) is 23.8 Å². The molecule has 0 aliphatic rings. The molecule has 0 saturated heterocycles. The molecule has 0 saturated carbocycles. The van der Waals surface area contributed by atoms with Crippen LogP contribution in [-0.4, -0.2) is 27.6 Å². The minimum Gasteiger partial charge on any atom is -0.351 e. The van der Waals surface area contributed by atoms with Gasteiger partial charge in [-0.3, -0.25) is 19.8 Å². The van der Waals surface area contributed by atoms with Crippen molar-refractivity contribution >= 4 is 17.2 Å². The lowest BCUT2D eigenvalue weighted by molar-refractivity contribution is 0.0949. The van der Waals surface area contributed by atoms with Crippen LogP contribution < -0.4 is 10.9 Å². The summed E-state index contributed by atoms with van der Waals surface area (Å²) in [4.78, 5) is 28.3. The van der Waals surface area contributed by atoms with Crippen molar-refractivity contribution in [1.29, 1.82) is 0 Å². The first-order valence-electron chi connectivity index (χ1n) is 7.40. The lowest BCUT2D eigenvalue weighted by atomic mass is 10.1. The third kappa shape index (κ3) is 3.13. The molecule has 24 heavy (non-hydrogen) atoms. The molecule has 2 aromatic heterocycles. The summed E-state index contributed by atoms with van der Waals surface area (Å²) in [6.07, 6.45) is 0.836. The smallest absolute Gasteiger partial charge is 0.272 e. The third-order valence-electron chi connectivity index (χ3n) is 3.40. The highest BCUT2D eigenvalue weighted by Gasteiger charge is 2.18. The lowest BCUT2D eigenvalue weighted by Crippen LogP contribution is -2.24. The second-order valence-electron chi connectivity index (χ2n) is 5.13. The number of hydrogen-bond acceptors (Lipinski definition) is 4. The highest BCUT2D eigenvalue weighted by molar-refractivity contribution is 7.13. The Kier molecular flexibility index (Phi) is 4.57. The van der Waals surface area contributed by atoms with Crippen LogP contribution in [0.3, 0.4) is 0 Å². The van der Waals surface area contributed by atoms with Gasteiger partial charge in [0.25, 0.3) is 11.5 Å². The Labute approximate surface area is 140 Å². The van der Waals surface area contributed by atoms with E-state index in [1.165, 1.54) is 35.6 Å². The Morgan fingerprint density at radius 3 is 2.75 bits per heavy atom. The normalized spacial score (nSPS) is 10.8. The molecule has 124 valence electrons. The summed E-state index contributed by atoms with van der Waals surface area (Å²) in [6, 6.07) is 5.63. The number of H-pyrrole nitrogens is 2. The molecule has 1 amide bonds. The molecule has 2 heterocycles. The van der Waals surface area contributed by atoms with E-state index in [-0.39, 0.29) is 17.3 Å². The fourth-order valence-electron chi connectivity index (χ4n) is 2.23. The van der Waals surface area contributed by atoms with E-state index in [1.54, 1.807) is 5.38 Å². The molecule has 0 unspecified atom stereocenters. The third-order valence-corrected chi connectivity index (χ3v) is 4.26. The van der Waals surface area contributed by atoms with Crippen LogP contribution in [0.15, 0.2) is 34.4 Å². The number of aromatic nitrogens is 3. The SMILES string of the molecule is CCCNC(=O)c1csc(-c2[nH][nH]c(=O)c2-c2ccc(F)cc2)n1. The molecule has 0 aliphatic heterocycles. The zero-order valence-corrected chi connectivity index (χ0v) is 13.7. The van der Waals surface area contributed by atoms with Gasteiger partial charge in [-0.2, -0.15) is 0 Å². The number of benzene rings is 1. The molecule has 0 atom stereocenters. The number of aromatic amines is 2. The van der Waals surface area contributed by atoms with Gasteiger partial charge < -0.3 is 5.32 Å². The lowest BCUT2D eigenvalue weighted by Gasteiger charge is -2.00. The number of nitrogens with zero attached hydrogens (tertiary/aromatic N) is 1. The van der Waals surface area contributed by atoms with E-state index in [4.69, 9.17) is 0 Å². The van der Waals surface area contributed by atoms with Crippen LogP contribution in [-0.2, 0) is 0 Å². The Morgan fingerprint density at radius 2 is 2.04 bits per heavy atom. The second kappa shape index (κ2) is 6.79. The van der Waals surface area contributed by atoms with Crippen LogP contribution in [0.25, 0.3) is 21.8 Å². The van der Waals surface area contributed by atoms with Gasteiger partial charge in [-0.25, -0.2) is 9.37 Å². The van der Waals surface area contributed by atoms with E-state index in [9.17, 15) is 14.0 Å². The number of thiazole rings is 1. The quantitative estimate of drug-likeness (QED) is 0.663. The number of nitrogens with one attached hydrogen (secondary N) is 3. The van der Waals surface area contributed by atoms with Gasteiger partial charge in [0.05, 0.1) is 5.56 Å². The fraction of sp³-hybridized carbons (Fsp3) is 0.188. The van der Waals surface area contributed by atoms with Gasteiger partial charge in [0.15, 0.2) is 0 Å². The number of hydrogen-bond donors (Lipinski definition) is 3. The van der Waals surface area contributed by atoms with E-state index in [0.717, 1.165) is 6.42 Å². The van der Waals surface area contributed by atoms with E-state index in [0.29, 0.717) is 34.1 Å². The molecular formula is C16H15FN4O2S. The van der Waals surface area contributed by atoms with Gasteiger partial charge in [0.1, 0.15) is 22.2 Å².